The molecule has 0 aliphatic rings. The molecule has 1 aromatic rings. The average Bonchev–Trinajstić information content (AvgIpc) is 2.71. The van der Waals surface area contributed by atoms with Crippen molar-refractivity contribution in [3.05, 3.63) is 24.0 Å². The molecule has 0 spiro atoms. The number of nitrogens with one attached hydrogen (secondary N) is 2. The third-order valence-corrected chi connectivity index (χ3v) is 2.48. The van der Waals surface area contributed by atoms with Crippen LogP contribution < -0.4 is 5.32 Å². The molecule has 1 rings (SSSR count). The van der Waals surface area contributed by atoms with Crippen LogP contribution >= 0.6 is 0 Å². The molecule has 0 aliphatic carbocycles. The summed E-state index contributed by atoms with van der Waals surface area (Å²) in [5.74, 6) is 0. The summed E-state index contributed by atoms with van der Waals surface area (Å²) in [4.78, 5) is 5.60. The minimum atomic E-state index is 0.939. The molecule has 80 valence electrons. The zero-order valence-electron chi connectivity index (χ0n) is 9.21. The lowest BCUT2D eigenvalue weighted by atomic mass is 10.4. The first-order chi connectivity index (χ1) is 6.86. The topological polar surface area (TPSA) is 31.1 Å². The number of rotatable bonds is 7. The zero-order chi connectivity index (χ0) is 10.2. The number of likely N-dealkylation sites (N-methyl/N-ethyl adjacent to an activating group) is 1. The molecule has 0 saturated carbocycles. The maximum absolute atomic E-state index is 3.41. The molecule has 0 unspecified atom stereocenters. The molecule has 0 atom stereocenters. The predicted molar refractivity (Wildman–Crippen MR) is 60.3 cm³/mol. The summed E-state index contributed by atoms with van der Waals surface area (Å²) in [6.45, 7) is 9.81. The van der Waals surface area contributed by atoms with E-state index in [1.165, 1.54) is 5.69 Å². The van der Waals surface area contributed by atoms with E-state index < -0.39 is 0 Å². The SMILES string of the molecule is CCN(CC)CCNCc1ccc[nH]1. The van der Waals surface area contributed by atoms with Crippen LogP contribution in [0.25, 0.3) is 0 Å². The molecule has 0 radical (unpaired) electrons. The highest BCUT2D eigenvalue weighted by atomic mass is 15.1. The van der Waals surface area contributed by atoms with Gasteiger partial charge in [-0.05, 0) is 25.2 Å². The van der Waals surface area contributed by atoms with Crippen LogP contribution in [-0.2, 0) is 6.54 Å². The largest absolute Gasteiger partial charge is 0.364 e. The quantitative estimate of drug-likeness (QED) is 0.645. The Morgan fingerprint density at radius 2 is 2.14 bits per heavy atom. The second kappa shape index (κ2) is 6.62. The van der Waals surface area contributed by atoms with Crippen molar-refractivity contribution in [3.8, 4) is 0 Å². The van der Waals surface area contributed by atoms with Gasteiger partial charge in [-0.25, -0.2) is 0 Å². The first kappa shape index (κ1) is 11.3. The van der Waals surface area contributed by atoms with Gasteiger partial charge in [-0.1, -0.05) is 13.8 Å². The molecule has 1 aromatic heterocycles. The van der Waals surface area contributed by atoms with Gasteiger partial charge in [0.2, 0.25) is 0 Å². The third-order valence-electron chi connectivity index (χ3n) is 2.48. The minimum Gasteiger partial charge on any atom is -0.364 e. The van der Waals surface area contributed by atoms with Gasteiger partial charge in [0.1, 0.15) is 0 Å². The van der Waals surface area contributed by atoms with Gasteiger partial charge in [0, 0.05) is 31.5 Å². The number of hydrogen-bond donors (Lipinski definition) is 2. The van der Waals surface area contributed by atoms with Crippen molar-refractivity contribution in [2.24, 2.45) is 0 Å². The second-order valence-corrected chi connectivity index (χ2v) is 3.40. The molecule has 0 aliphatic heterocycles. The van der Waals surface area contributed by atoms with Crippen LogP contribution in [0.3, 0.4) is 0 Å². The Morgan fingerprint density at radius 3 is 2.71 bits per heavy atom. The summed E-state index contributed by atoms with van der Waals surface area (Å²) in [6, 6.07) is 4.13. The maximum Gasteiger partial charge on any atom is 0.0357 e. The van der Waals surface area contributed by atoms with E-state index in [9.17, 15) is 0 Å². The minimum absolute atomic E-state index is 0.939. The van der Waals surface area contributed by atoms with Crippen LogP contribution in [0.4, 0.5) is 0 Å². The van der Waals surface area contributed by atoms with Crippen LogP contribution in [0.15, 0.2) is 18.3 Å². The van der Waals surface area contributed by atoms with E-state index >= 15 is 0 Å². The monoisotopic (exact) mass is 195 g/mol. The lowest BCUT2D eigenvalue weighted by Gasteiger charge is -2.17. The summed E-state index contributed by atoms with van der Waals surface area (Å²) >= 11 is 0. The van der Waals surface area contributed by atoms with E-state index in [0.717, 1.165) is 32.7 Å². The molecular weight excluding hydrogens is 174 g/mol. The maximum atomic E-state index is 3.41. The van der Waals surface area contributed by atoms with Crippen molar-refractivity contribution >= 4 is 0 Å². The molecule has 0 saturated heterocycles. The van der Waals surface area contributed by atoms with Crippen LogP contribution in [0.1, 0.15) is 19.5 Å². The number of nitrogens with zero attached hydrogens (tertiary/aromatic N) is 1. The van der Waals surface area contributed by atoms with Crippen molar-refractivity contribution in [2.45, 2.75) is 20.4 Å². The van der Waals surface area contributed by atoms with Crippen LogP contribution in [0.2, 0.25) is 0 Å². The van der Waals surface area contributed by atoms with Gasteiger partial charge in [0.15, 0.2) is 0 Å². The van der Waals surface area contributed by atoms with Gasteiger partial charge < -0.3 is 15.2 Å². The summed E-state index contributed by atoms with van der Waals surface area (Å²) in [5, 5.41) is 3.41. The molecule has 14 heavy (non-hydrogen) atoms. The van der Waals surface area contributed by atoms with Gasteiger partial charge in [0.25, 0.3) is 0 Å². The Balaban J connectivity index is 2.04. The number of H-pyrrole nitrogens is 1. The molecule has 0 aromatic carbocycles. The van der Waals surface area contributed by atoms with Crippen LogP contribution in [0, 0.1) is 0 Å². The number of hydrogen-bond acceptors (Lipinski definition) is 2. The first-order valence-electron chi connectivity index (χ1n) is 5.42. The number of aromatic nitrogens is 1. The Morgan fingerprint density at radius 1 is 1.36 bits per heavy atom. The highest BCUT2D eigenvalue weighted by molar-refractivity contribution is 5.02. The molecule has 3 nitrogen and oxygen atoms in total. The smallest absolute Gasteiger partial charge is 0.0357 e. The standard InChI is InChI=1S/C11H21N3/c1-3-14(4-2)9-8-12-10-11-6-5-7-13-11/h5-7,12-13H,3-4,8-10H2,1-2H3. The Labute approximate surface area is 86.5 Å². The van der Waals surface area contributed by atoms with E-state index in [1.54, 1.807) is 0 Å². The van der Waals surface area contributed by atoms with E-state index in [2.05, 4.69) is 35.1 Å². The molecule has 0 amide bonds. The van der Waals surface area contributed by atoms with Gasteiger partial charge >= 0.3 is 0 Å². The summed E-state index contributed by atoms with van der Waals surface area (Å²) in [5.41, 5.74) is 1.25. The van der Waals surface area contributed by atoms with Gasteiger partial charge in [-0.3, -0.25) is 0 Å². The van der Waals surface area contributed by atoms with Crippen molar-refractivity contribution in [3.63, 3.8) is 0 Å². The fourth-order valence-corrected chi connectivity index (χ4v) is 1.48. The van der Waals surface area contributed by atoms with E-state index in [4.69, 9.17) is 0 Å². The molecular formula is C11H21N3. The third kappa shape index (κ3) is 3.94. The molecule has 2 N–H and O–H groups in total. The van der Waals surface area contributed by atoms with Crippen LogP contribution in [0.5, 0.6) is 0 Å². The Kier molecular flexibility index (Phi) is 5.33. The highest BCUT2D eigenvalue weighted by Gasteiger charge is 1.97. The summed E-state index contributed by atoms with van der Waals surface area (Å²) in [7, 11) is 0. The van der Waals surface area contributed by atoms with Crippen molar-refractivity contribution in [1.29, 1.82) is 0 Å². The van der Waals surface area contributed by atoms with Crippen molar-refractivity contribution in [1.82, 2.24) is 15.2 Å². The first-order valence-corrected chi connectivity index (χ1v) is 5.42. The van der Waals surface area contributed by atoms with Crippen LogP contribution in [-0.4, -0.2) is 36.1 Å². The fourth-order valence-electron chi connectivity index (χ4n) is 1.48. The van der Waals surface area contributed by atoms with E-state index in [1.807, 2.05) is 12.3 Å². The Bertz CT molecular complexity index is 214. The number of aromatic amines is 1. The van der Waals surface area contributed by atoms with Crippen molar-refractivity contribution < 1.29 is 0 Å². The van der Waals surface area contributed by atoms with E-state index in [0.29, 0.717) is 0 Å². The van der Waals surface area contributed by atoms with Gasteiger partial charge in [0.05, 0.1) is 0 Å². The predicted octanol–water partition coefficient (Wildman–Crippen LogP) is 1.45. The van der Waals surface area contributed by atoms with Gasteiger partial charge in [-0.15, -0.1) is 0 Å². The average molecular weight is 195 g/mol. The molecule has 1 heterocycles. The van der Waals surface area contributed by atoms with Gasteiger partial charge in [-0.2, -0.15) is 0 Å². The van der Waals surface area contributed by atoms with E-state index in [-0.39, 0.29) is 0 Å². The molecule has 0 bridgehead atoms. The fraction of sp³-hybridized carbons (Fsp3) is 0.636. The normalized spacial score (nSPS) is 11.1. The summed E-state index contributed by atoms with van der Waals surface area (Å²) in [6.07, 6.45) is 1.96. The highest BCUT2D eigenvalue weighted by Crippen LogP contribution is 1.92. The Hall–Kier alpha value is -0.800. The lowest BCUT2D eigenvalue weighted by molar-refractivity contribution is 0.302. The zero-order valence-corrected chi connectivity index (χ0v) is 9.21. The molecule has 0 fully saturated rings. The van der Waals surface area contributed by atoms with Crippen molar-refractivity contribution in [2.75, 3.05) is 26.2 Å². The molecule has 3 heteroatoms. The lowest BCUT2D eigenvalue weighted by Crippen LogP contribution is -2.31. The second-order valence-electron chi connectivity index (χ2n) is 3.40. The summed E-state index contributed by atoms with van der Waals surface area (Å²) < 4.78 is 0.